The van der Waals surface area contributed by atoms with Crippen molar-refractivity contribution in [2.24, 2.45) is 0 Å². The molecule has 0 atom stereocenters. The highest BCUT2D eigenvalue weighted by Gasteiger charge is 2.03. The van der Waals surface area contributed by atoms with E-state index in [-0.39, 0.29) is 0 Å². The molecule has 4 nitrogen and oxygen atoms in total. The first kappa shape index (κ1) is 7.91. The SMILES string of the molecule is Cc1cc(C)n(-c2ncccn2)n1. The molecule has 0 amide bonds. The zero-order valence-corrected chi connectivity index (χ0v) is 7.60. The fourth-order valence-electron chi connectivity index (χ4n) is 1.23. The molecule has 0 aliphatic carbocycles. The van der Waals surface area contributed by atoms with E-state index in [2.05, 4.69) is 15.1 Å². The molecule has 0 aromatic carbocycles. The Hall–Kier alpha value is -1.71. The molecule has 2 rings (SSSR count). The summed E-state index contributed by atoms with van der Waals surface area (Å²) in [6, 6.07) is 3.78. The Bertz CT molecular complexity index is 405. The van der Waals surface area contributed by atoms with Gasteiger partial charge >= 0.3 is 0 Å². The average Bonchev–Trinajstić information content (AvgIpc) is 2.47. The van der Waals surface area contributed by atoms with Crippen molar-refractivity contribution in [1.29, 1.82) is 0 Å². The predicted molar refractivity (Wildman–Crippen MR) is 48.6 cm³/mol. The minimum absolute atomic E-state index is 0.619. The Morgan fingerprint density at radius 1 is 1.15 bits per heavy atom. The highest BCUT2D eigenvalue weighted by Crippen LogP contribution is 2.05. The monoisotopic (exact) mass is 174 g/mol. The first-order valence-electron chi connectivity index (χ1n) is 4.08. The van der Waals surface area contributed by atoms with E-state index in [4.69, 9.17) is 0 Å². The molecule has 4 heteroatoms. The van der Waals surface area contributed by atoms with Gasteiger partial charge in [0, 0.05) is 18.1 Å². The fourth-order valence-corrected chi connectivity index (χ4v) is 1.23. The highest BCUT2D eigenvalue weighted by molar-refractivity contribution is 5.17. The molecule has 2 heterocycles. The largest absolute Gasteiger partial charge is 0.250 e. The summed E-state index contributed by atoms with van der Waals surface area (Å²) in [5.74, 6) is 0.619. The second-order valence-corrected chi connectivity index (χ2v) is 2.89. The number of nitrogens with zero attached hydrogens (tertiary/aromatic N) is 4. The van der Waals surface area contributed by atoms with Gasteiger partial charge in [0.25, 0.3) is 5.95 Å². The lowest BCUT2D eigenvalue weighted by atomic mass is 10.4. The topological polar surface area (TPSA) is 43.6 Å². The second kappa shape index (κ2) is 2.97. The van der Waals surface area contributed by atoms with E-state index in [1.54, 1.807) is 23.1 Å². The van der Waals surface area contributed by atoms with Crippen molar-refractivity contribution >= 4 is 0 Å². The summed E-state index contributed by atoms with van der Waals surface area (Å²) >= 11 is 0. The molecule has 0 N–H and O–H groups in total. The van der Waals surface area contributed by atoms with E-state index in [0.29, 0.717) is 5.95 Å². The quantitative estimate of drug-likeness (QED) is 0.654. The summed E-state index contributed by atoms with van der Waals surface area (Å²) in [4.78, 5) is 8.22. The van der Waals surface area contributed by atoms with Gasteiger partial charge in [-0.05, 0) is 26.0 Å². The smallest absolute Gasteiger partial charge is 0.220 e. The van der Waals surface area contributed by atoms with Crippen LogP contribution in [0, 0.1) is 13.8 Å². The minimum atomic E-state index is 0.619. The van der Waals surface area contributed by atoms with Crippen molar-refractivity contribution in [3.8, 4) is 5.95 Å². The van der Waals surface area contributed by atoms with E-state index in [9.17, 15) is 0 Å². The summed E-state index contributed by atoms with van der Waals surface area (Å²) in [5, 5.41) is 4.27. The van der Waals surface area contributed by atoms with Crippen molar-refractivity contribution in [2.45, 2.75) is 13.8 Å². The maximum atomic E-state index is 4.27. The Morgan fingerprint density at radius 3 is 2.38 bits per heavy atom. The van der Waals surface area contributed by atoms with Crippen molar-refractivity contribution < 1.29 is 0 Å². The number of hydrogen-bond acceptors (Lipinski definition) is 3. The van der Waals surface area contributed by atoms with Crippen LogP contribution in [0.5, 0.6) is 0 Å². The third-order valence-electron chi connectivity index (χ3n) is 1.75. The van der Waals surface area contributed by atoms with E-state index in [1.807, 2.05) is 19.9 Å². The van der Waals surface area contributed by atoms with Gasteiger partial charge in [-0.2, -0.15) is 5.10 Å². The molecule has 0 radical (unpaired) electrons. The molecule has 0 saturated heterocycles. The van der Waals surface area contributed by atoms with Crippen molar-refractivity contribution in [2.75, 3.05) is 0 Å². The van der Waals surface area contributed by atoms with E-state index >= 15 is 0 Å². The van der Waals surface area contributed by atoms with Gasteiger partial charge < -0.3 is 0 Å². The third-order valence-corrected chi connectivity index (χ3v) is 1.75. The van der Waals surface area contributed by atoms with Crippen LogP contribution in [0.1, 0.15) is 11.4 Å². The third kappa shape index (κ3) is 1.42. The zero-order valence-electron chi connectivity index (χ0n) is 7.60. The predicted octanol–water partition coefficient (Wildman–Crippen LogP) is 1.28. The van der Waals surface area contributed by atoms with Crippen LogP contribution in [-0.2, 0) is 0 Å². The summed E-state index contributed by atoms with van der Waals surface area (Å²) < 4.78 is 1.73. The lowest BCUT2D eigenvalue weighted by Crippen LogP contribution is -2.03. The van der Waals surface area contributed by atoms with Crippen LogP contribution in [0.3, 0.4) is 0 Å². The average molecular weight is 174 g/mol. The summed E-state index contributed by atoms with van der Waals surface area (Å²) in [7, 11) is 0. The number of aryl methyl sites for hydroxylation is 2. The van der Waals surface area contributed by atoms with Gasteiger partial charge in [-0.25, -0.2) is 14.6 Å². The van der Waals surface area contributed by atoms with Gasteiger partial charge in [0.05, 0.1) is 5.69 Å². The molecular formula is C9H10N4. The van der Waals surface area contributed by atoms with Gasteiger partial charge in [-0.15, -0.1) is 0 Å². The van der Waals surface area contributed by atoms with Crippen LogP contribution in [0.15, 0.2) is 24.5 Å². The lowest BCUT2D eigenvalue weighted by Gasteiger charge is -1.99. The maximum Gasteiger partial charge on any atom is 0.250 e. The Balaban J connectivity index is 2.53. The molecular weight excluding hydrogens is 164 g/mol. The standard InChI is InChI=1S/C9H10N4/c1-7-6-8(2)13(12-7)9-10-4-3-5-11-9/h3-6H,1-2H3. The summed E-state index contributed by atoms with van der Waals surface area (Å²) in [6.07, 6.45) is 3.41. The molecule has 0 fully saturated rings. The highest BCUT2D eigenvalue weighted by atomic mass is 15.3. The first-order chi connectivity index (χ1) is 6.27. The van der Waals surface area contributed by atoms with Crippen LogP contribution in [0.2, 0.25) is 0 Å². The Kier molecular flexibility index (Phi) is 1.81. The maximum absolute atomic E-state index is 4.27. The van der Waals surface area contributed by atoms with Crippen LogP contribution in [0.25, 0.3) is 5.95 Å². The van der Waals surface area contributed by atoms with Gasteiger partial charge in [-0.1, -0.05) is 0 Å². The van der Waals surface area contributed by atoms with Crippen molar-refractivity contribution in [3.63, 3.8) is 0 Å². The first-order valence-corrected chi connectivity index (χ1v) is 4.08. The van der Waals surface area contributed by atoms with Gasteiger partial charge in [0.15, 0.2) is 0 Å². The molecule has 0 aliphatic rings. The molecule has 0 spiro atoms. The Morgan fingerprint density at radius 2 is 1.85 bits per heavy atom. The van der Waals surface area contributed by atoms with Crippen LogP contribution < -0.4 is 0 Å². The van der Waals surface area contributed by atoms with Gasteiger partial charge in [-0.3, -0.25) is 0 Å². The molecule has 0 saturated carbocycles. The summed E-state index contributed by atoms with van der Waals surface area (Å²) in [5.41, 5.74) is 2.02. The van der Waals surface area contributed by atoms with Gasteiger partial charge in [0.1, 0.15) is 0 Å². The normalized spacial score (nSPS) is 10.3. The Labute approximate surface area is 76.3 Å². The van der Waals surface area contributed by atoms with Crippen molar-refractivity contribution in [3.05, 3.63) is 35.9 Å². The molecule has 0 aliphatic heterocycles. The van der Waals surface area contributed by atoms with Crippen LogP contribution >= 0.6 is 0 Å². The number of hydrogen-bond donors (Lipinski definition) is 0. The fraction of sp³-hybridized carbons (Fsp3) is 0.222. The van der Waals surface area contributed by atoms with Crippen molar-refractivity contribution in [1.82, 2.24) is 19.7 Å². The molecule has 66 valence electrons. The van der Waals surface area contributed by atoms with Crippen LogP contribution in [0.4, 0.5) is 0 Å². The molecule has 0 unspecified atom stereocenters. The molecule has 2 aromatic heterocycles. The van der Waals surface area contributed by atoms with Crippen LogP contribution in [-0.4, -0.2) is 19.7 Å². The zero-order chi connectivity index (χ0) is 9.26. The van der Waals surface area contributed by atoms with E-state index in [0.717, 1.165) is 11.4 Å². The van der Waals surface area contributed by atoms with E-state index in [1.165, 1.54) is 0 Å². The summed E-state index contributed by atoms with van der Waals surface area (Å²) in [6.45, 7) is 3.93. The number of aromatic nitrogens is 4. The van der Waals surface area contributed by atoms with E-state index < -0.39 is 0 Å². The molecule has 13 heavy (non-hydrogen) atoms. The number of rotatable bonds is 1. The lowest BCUT2D eigenvalue weighted by molar-refractivity contribution is 0.774. The van der Waals surface area contributed by atoms with Gasteiger partial charge in [0.2, 0.25) is 0 Å². The molecule has 2 aromatic rings. The second-order valence-electron chi connectivity index (χ2n) is 2.89. The minimum Gasteiger partial charge on any atom is -0.220 e. The molecule has 0 bridgehead atoms.